The van der Waals surface area contributed by atoms with Crippen LogP contribution < -0.4 is 0 Å². The van der Waals surface area contributed by atoms with Gasteiger partial charge in [-0.1, -0.05) is 31.4 Å². The monoisotopic (exact) mass is 420 g/mol. The summed E-state index contributed by atoms with van der Waals surface area (Å²) in [5, 5.41) is 0. The van der Waals surface area contributed by atoms with Crippen LogP contribution in [0.5, 0.6) is 0 Å². The van der Waals surface area contributed by atoms with Crippen molar-refractivity contribution in [1.82, 2.24) is 0 Å². The smallest absolute Gasteiger partial charge is 0.318 e. The van der Waals surface area contributed by atoms with Gasteiger partial charge in [-0.05, 0) is 100 Å². The largest absolute Gasteiger partial charge is 0.435 e. The molecule has 6 unspecified atom stereocenters. The van der Waals surface area contributed by atoms with Crippen molar-refractivity contribution in [2.24, 2.45) is 29.6 Å². The van der Waals surface area contributed by atoms with Crippen LogP contribution in [-0.2, 0) is 14.3 Å². The average molecular weight is 421 g/mol. The van der Waals surface area contributed by atoms with Crippen molar-refractivity contribution in [3.8, 4) is 0 Å². The molecule has 29 heavy (non-hydrogen) atoms. The first-order valence-corrected chi connectivity index (χ1v) is 13.4. The first-order chi connectivity index (χ1) is 14.2. The topological polar surface area (TPSA) is 35.5 Å². The maximum atomic E-state index is 12.2. The van der Waals surface area contributed by atoms with E-state index in [1.54, 1.807) is 11.8 Å². The summed E-state index contributed by atoms with van der Waals surface area (Å²) in [7, 11) is 0. The van der Waals surface area contributed by atoms with Gasteiger partial charge in [0.2, 0.25) is 0 Å². The van der Waals surface area contributed by atoms with Gasteiger partial charge in [0.15, 0.2) is 6.29 Å². The summed E-state index contributed by atoms with van der Waals surface area (Å²) in [5.74, 6) is 6.11. The van der Waals surface area contributed by atoms with Crippen molar-refractivity contribution < 1.29 is 14.3 Å². The van der Waals surface area contributed by atoms with Crippen molar-refractivity contribution in [1.29, 1.82) is 0 Å². The highest BCUT2D eigenvalue weighted by Crippen LogP contribution is 2.50. The maximum absolute atomic E-state index is 12.2. The highest BCUT2D eigenvalue weighted by Gasteiger charge is 2.40. The summed E-state index contributed by atoms with van der Waals surface area (Å²) in [5.41, 5.74) is 0. The third-order valence-corrected chi connectivity index (χ3v) is 9.12. The number of hydrogen-bond acceptors (Lipinski definition) is 4. The molecule has 0 aromatic heterocycles. The molecule has 164 valence electrons. The number of thioether (sulfide) groups is 1. The summed E-state index contributed by atoms with van der Waals surface area (Å²) in [6.45, 7) is 1.87. The predicted octanol–water partition coefficient (Wildman–Crippen LogP) is 6.37. The van der Waals surface area contributed by atoms with Crippen molar-refractivity contribution in [3.05, 3.63) is 12.2 Å². The Morgan fingerprint density at radius 1 is 0.931 bits per heavy atom. The first-order valence-electron chi connectivity index (χ1n) is 12.2. The van der Waals surface area contributed by atoms with E-state index < -0.39 is 6.29 Å². The number of carbonyl (C=O) groups excluding carboxylic acids is 1. The second-order valence-electron chi connectivity index (χ2n) is 10.1. The van der Waals surface area contributed by atoms with Gasteiger partial charge in [0.25, 0.3) is 0 Å². The highest BCUT2D eigenvalue weighted by molar-refractivity contribution is 7.99. The molecule has 0 heterocycles. The van der Waals surface area contributed by atoms with Crippen LogP contribution >= 0.6 is 11.8 Å². The maximum Gasteiger partial charge on any atom is 0.318 e. The summed E-state index contributed by atoms with van der Waals surface area (Å²) < 4.78 is 11.4. The van der Waals surface area contributed by atoms with Crippen LogP contribution in [-0.4, -0.2) is 29.9 Å². The minimum Gasteiger partial charge on any atom is -0.435 e. The Morgan fingerprint density at radius 3 is 2.41 bits per heavy atom. The average Bonchev–Trinajstić information content (AvgIpc) is 2.72. The number of esters is 1. The SMILES string of the molecule is CC(OC(=O)CSCC1CCC2CC3CC=CCC3CC2C1)OC1CCCCC1. The van der Waals surface area contributed by atoms with E-state index >= 15 is 0 Å². The normalized spacial score (nSPS) is 36.1. The Hall–Kier alpha value is -0.480. The molecule has 0 N–H and O–H groups in total. The number of carbonyl (C=O) groups is 1. The highest BCUT2D eigenvalue weighted by atomic mass is 32.2. The molecule has 4 aliphatic carbocycles. The van der Waals surface area contributed by atoms with Crippen LogP contribution in [0.4, 0.5) is 0 Å². The van der Waals surface area contributed by atoms with E-state index in [1.165, 1.54) is 64.2 Å². The van der Waals surface area contributed by atoms with Crippen LogP contribution in [0.15, 0.2) is 12.2 Å². The van der Waals surface area contributed by atoms with Crippen molar-refractivity contribution in [2.75, 3.05) is 11.5 Å². The fourth-order valence-electron chi connectivity index (χ4n) is 6.48. The lowest BCUT2D eigenvalue weighted by atomic mass is 9.59. The van der Waals surface area contributed by atoms with E-state index in [9.17, 15) is 4.79 Å². The Morgan fingerprint density at radius 2 is 1.66 bits per heavy atom. The first kappa shape index (κ1) is 21.7. The standard InChI is InChI=1S/C25H40O3S/c1-18(27-24-9-3-2-4-10-24)28-25(26)17-29-16-19-11-12-22-14-20-7-5-6-8-21(20)15-23(22)13-19/h5-6,18-24H,2-4,7-17H2,1H3. The second-order valence-corrected chi connectivity index (χ2v) is 11.1. The Kier molecular flexibility index (Phi) is 8.03. The zero-order chi connectivity index (χ0) is 20.1. The number of ether oxygens (including phenoxy) is 2. The molecule has 0 radical (unpaired) electrons. The molecule has 4 rings (SSSR count). The molecule has 0 aliphatic heterocycles. The molecule has 0 aromatic rings. The van der Waals surface area contributed by atoms with Gasteiger partial charge in [0.05, 0.1) is 11.9 Å². The van der Waals surface area contributed by atoms with Gasteiger partial charge in [-0.15, -0.1) is 11.8 Å². The predicted molar refractivity (Wildman–Crippen MR) is 120 cm³/mol. The summed E-state index contributed by atoms with van der Waals surface area (Å²) in [4.78, 5) is 12.2. The third kappa shape index (κ3) is 6.26. The van der Waals surface area contributed by atoms with Gasteiger partial charge in [-0.2, -0.15) is 0 Å². The molecule has 4 heteroatoms. The fourth-order valence-corrected chi connectivity index (χ4v) is 7.47. The Labute approximate surface area is 181 Å². The molecule has 0 spiro atoms. The van der Waals surface area contributed by atoms with Crippen molar-refractivity contribution in [2.45, 2.75) is 96.4 Å². The molecule has 3 saturated carbocycles. The summed E-state index contributed by atoms with van der Waals surface area (Å²) >= 11 is 1.78. The van der Waals surface area contributed by atoms with Gasteiger partial charge >= 0.3 is 5.97 Å². The van der Waals surface area contributed by atoms with E-state index in [0.29, 0.717) is 5.75 Å². The molecule has 3 nitrogen and oxygen atoms in total. The van der Waals surface area contributed by atoms with E-state index in [-0.39, 0.29) is 12.1 Å². The molecule has 0 saturated heterocycles. The lowest BCUT2D eigenvalue weighted by molar-refractivity contribution is -0.184. The summed E-state index contributed by atoms with van der Waals surface area (Å²) in [6.07, 6.45) is 20.5. The number of fused-ring (bicyclic) bond motifs is 2. The minimum atomic E-state index is -0.402. The van der Waals surface area contributed by atoms with E-state index in [0.717, 1.165) is 48.2 Å². The third-order valence-electron chi connectivity index (χ3n) is 7.98. The fraction of sp³-hybridized carbons (Fsp3) is 0.880. The lowest BCUT2D eigenvalue weighted by Crippen LogP contribution is -2.37. The Balaban J connectivity index is 1.12. The van der Waals surface area contributed by atoms with E-state index in [2.05, 4.69) is 12.2 Å². The van der Waals surface area contributed by atoms with Crippen LogP contribution in [0, 0.1) is 29.6 Å². The van der Waals surface area contributed by atoms with Crippen LogP contribution in [0.1, 0.15) is 84.0 Å². The van der Waals surface area contributed by atoms with Crippen LogP contribution in [0.2, 0.25) is 0 Å². The van der Waals surface area contributed by atoms with E-state index in [4.69, 9.17) is 9.47 Å². The summed E-state index contributed by atoms with van der Waals surface area (Å²) in [6, 6.07) is 0. The van der Waals surface area contributed by atoms with Crippen molar-refractivity contribution in [3.63, 3.8) is 0 Å². The molecule has 3 fully saturated rings. The van der Waals surface area contributed by atoms with Gasteiger partial charge < -0.3 is 9.47 Å². The van der Waals surface area contributed by atoms with Gasteiger partial charge in [0, 0.05) is 0 Å². The van der Waals surface area contributed by atoms with Crippen molar-refractivity contribution >= 4 is 17.7 Å². The number of allylic oxidation sites excluding steroid dienone is 2. The minimum absolute atomic E-state index is 0.110. The molecular formula is C25H40O3S. The van der Waals surface area contributed by atoms with E-state index in [1.807, 2.05) is 6.92 Å². The van der Waals surface area contributed by atoms with Crippen LogP contribution in [0.3, 0.4) is 0 Å². The molecule has 4 aliphatic rings. The zero-order valence-electron chi connectivity index (χ0n) is 18.2. The molecule has 0 aromatic carbocycles. The molecule has 0 bridgehead atoms. The second kappa shape index (κ2) is 10.7. The Bertz CT molecular complexity index is 556. The van der Waals surface area contributed by atoms with Gasteiger partial charge in [-0.25, -0.2) is 0 Å². The number of rotatable bonds is 7. The lowest BCUT2D eigenvalue weighted by Gasteiger charge is -2.46. The van der Waals surface area contributed by atoms with Gasteiger partial charge in [-0.3, -0.25) is 4.79 Å². The van der Waals surface area contributed by atoms with Gasteiger partial charge in [0.1, 0.15) is 0 Å². The quantitative estimate of drug-likeness (QED) is 0.272. The zero-order valence-corrected chi connectivity index (χ0v) is 19.0. The number of hydrogen-bond donors (Lipinski definition) is 0. The van der Waals surface area contributed by atoms with Crippen LogP contribution in [0.25, 0.3) is 0 Å². The molecule has 0 amide bonds. The molecule has 6 atom stereocenters. The molecular weight excluding hydrogens is 380 g/mol.